The molecule has 0 saturated carbocycles. The maximum Gasteiger partial charge on any atom is 0.0760 e. The third-order valence-corrected chi connectivity index (χ3v) is 6.92. The molecule has 2 aliphatic rings. The van der Waals surface area contributed by atoms with Crippen LogP contribution in [-0.4, -0.2) is 47.8 Å². The van der Waals surface area contributed by atoms with Gasteiger partial charge in [-0.1, -0.05) is 52.7 Å². The van der Waals surface area contributed by atoms with Crippen molar-refractivity contribution in [3.8, 4) is 0 Å². The van der Waals surface area contributed by atoms with Gasteiger partial charge in [-0.2, -0.15) is 0 Å². The van der Waals surface area contributed by atoms with E-state index in [1.165, 1.54) is 12.8 Å². The number of hydrogen-bond donors (Lipinski definition) is 2. The van der Waals surface area contributed by atoms with Gasteiger partial charge in [0.15, 0.2) is 0 Å². The fourth-order valence-electron chi connectivity index (χ4n) is 4.59. The minimum absolute atomic E-state index is 0.0245. The van der Waals surface area contributed by atoms with E-state index in [1.54, 1.807) is 0 Å². The Kier molecular flexibility index (Phi) is 10.8. The van der Waals surface area contributed by atoms with Crippen molar-refractivity contribution < 1.29 is 19.7 Å². The van der Waals surface area contributed by atoms with Crippen LogP contribution in [0.25, 0.3) is 0 Å². The van der Waals surface area contributed by atoms with Crippen molar-refractivity contribution in [2.75, 3.05) is 13.2 Å². The highest BCUT2D eigenvalue weighted by Crippen LogP contribution is 2.29. The van der Waals surface area contributed by atoms with E-state index >= 15 is 0 Å². The lowest BCUT2D eigenvalue weighted by molar-refractivity contribution is -0.0395. The maximum atomic E-state index is 9.42. The van der Waals surface area contributed by atoms with E-state index in [9.17, 15) is 10.2 Å². The normalized spacial score (nSPS) is 28.9. The Morgan fingerprint density at radius 1 is 0.700 bits per heavy atom. The van der Waals surface area contributed by atoms with Gasteiger partial charge in [0, 0.05) is 13.2 Å². The molecule has 2 N–H and O–H groups in total. The molecule has 4 unspecified atom stereocenters. The Bertz CT molecular complexity index is 455. The van der Waals surface area contributed by atoms with E-state index in [0.717, 1.165) is 64.2 Å². The van der Waals surface area contributed by atoms with Crippen LogP contribution in [0.1, 0.15) is 105 Å². The van der Waals surface area contributed by atoms with E-state index in [2.05, 4.69) is 39.8 Å². The van der Waals surface area contributed by atoms with Gasteiger partial charge >= 0.3 is 0 Å². The van der Waals surface area contributed by atoms with Gasteiger partial charge in [0.2, 0.25) is 0 Å². The summed E-state index contributed by atoms with van der Waals surface area (Å²) in [6, 6.07) is 0. The topological polar surface area (TPSA) is 58.9 Å². The quantitative estimate of drug-likeness (QED) is 0.389. The molecule has 4 heteroatoms. The summed E-state index contributed by atoms with van der Waals surface area (Å²) in [6.07, 6.45) is 19.2. The largest absolute Gasteiger partial charge is 0.396 e. The van der Waals surface area contributed by atoms with Gasteiger partial charge < -0.3 is 19.7 Å². The molecule has 0 aromatic rings. The highest BCUT2D eigenvalue weighted by Gasteiger charge is 2.25. The molecule has 2 heterocycles. The summed E-state index contributed by atoms with van der Waals surface area (Å²) in [4.78, 5) is 0. The van der Waals surface area contributed by atoms with Gasteiger partial charge in [-0.05, 0) is 75.0 Å². The smallest absolute Gasteiger partial charge is 0.0760 e. The van der Waals surface area contributed by atoms with Crippen LogP contribution >= 0.6 is 0 Å². The molecule has 2 aliphatic heterocycles. The first-order valence-electron chi connectivity index (χ1n) is 12.4. The molecule has 0 bridgehead atoms. The SMILES string of the molecule is CC(C)(CO)CCCC1CCCC(C=CC2CCCC(CCCC(C)(C)CO)O2)O1. The van der Waals surface area contributed by atoms with Crippen LogP contribution in [0.5, 0.6) is 0 Å². The zero-order valence-electron chi connectivity index (χ0n) is 20.1. The van der Waals surface area contributed by atoms with Crippen molar-refractivity contribution in [2.24, 2.45) is 10.8 Å². The van der Waals surface area contributed by atoms with Crippen molar-refractivity contribution in [1.82, 2.24) is 0 Å². The number of aliphatic hydroxyl groups is 2. The molecule has 4 atom stereocenters. The van der Waals surface area contributed by atoms with Crippen LogP contribution in [0, 0.1) is 10.8 Å². The molecule has 0 amide bonds. The molecular weight excluding hydrogens is 376 g/mol. The second-order valence-corrected chi connectivity index (χ2v) is 11.3. The average Bonchev–Trinajstić information content (AvgIpc) is 2.73. The summed E-state index contributed by atoms with van der Waals surface area (Å²) >= 11 is 0. The van der Waals surface area contributed by atoms with E-state index in [0.29, 0.717) is 12.2 Å². The van der Waals surface area contributed by atoms with Crippen LogP contribution in [0.15, 0.2) is 12.2 Å². The molecule has 30 heavy (non-hydrogen) atoms. The molecule has 0 aromatic carbocycles. The van der Waals surface area contributed by atoms with Crippen LogP contribution in [0.3, 0.4) is 0 Å². The number of hydrogen-bond acceptors (Lipinski definition) is 4. The monoisotopic (exact) mass is 424 g/mol. The van der Waals surface area contributed by atoms with Crippen LogP contribution in [0.2, 0.25) is 0 Å². The van der Waals surface area contributed by atoms with Crippen molar-refractivity contribution in [2.45, 2.75) is 129 Å². The van der Waals surface area contributed by atoms with Crippen molar-refractivity contribution in [3.63, 3.8) is 0 Å². The zero-order chi connectivity index (χ0) is 22.0. The summed E-state index contributed by atoms with van der Waals surface area (Å²) in [5.74, 6) is 0. The Labute approximate surface area is 185 Å². The van der Waals surface area contributed by atoms with Gasteiger partial charge in [0.1, 0.15) is 0 Å². The Morgan fingerprint density at radius 3 is 1.47 bits per heavy atom. The first-order valence-corrected chi connectivity index (χ1v) is 12.4. The second-order valence-electron chi connectivity index (χ2n) is 11.3. The maximum absolute atomic E-state index is 9.42. The lowest BCUT2D eigenvalue weighted by Gasteiger charge is -2.31. The van der Waals surface area contributed by atoms with Crippen molar-refractivity contribution in [3.05, 3.63) is 12.2 Å². The minimum atomic E-state index is 0.0245. The molecule has 2 fully saturated rings. The van der Waals surface area contributed by atoms with Gasteiger partial charge in [-0.3, -0.25) is 0 Å². The highest BCUT2D eigenvalue weighted by molar-refractivity contribution is 4.98. The van der Waals surface area contributed by atoms with Crippen molar-refractivity contribution in [1.29, 1.82) is 0 Å². The Hall–Kier alpha value is -0.420. The minimum Gasteiger partial charge on any atom is -0.396 e. The third-order valence-electron chi connectivity index (χ3n) is 6.92. The zero-order valence-corrected chi connectivity index (χ0v) is 20.1. The van der Waals surface area contributed by atoms with Crippen LogP contribution in [-0.2, 0) is 9.47 Å². The highest BCUT2D eigenvalue weighted by atomic mass is 16.5. The summed E-state index contributed by atoms with van der Waals surface area (Å²) in [6.45, 7) is 9.03. The van der Waals surface area contributed by atoms with Gasteiger partial charge in [0.05, 0.1) is 24.4 Å². The van der Waals surface area contributed by atoms with E-state index in [1.807, 2.05) is 0 Å². The summed E-state index contributed by atoms with van der Waals surface area (Å²) in [5, 5.41) is 18.8. The Balaban J connectivity index is 1.70. The van der Waals surface area contributed by atoms with E-state index in [-0.39, 0.29) is 36.3 Å². The molecule has 176 valence electrons. The predicted molar refractivity (Wildman–Crippen MR) is 124 cm³/mol. The second kappa shape index (κ2) is 12.6. The molecule has 0 radical (unpaired) electrons. The molecule has 4 nitrogen and oxygen atoms in total. The lowest BCUT2D eigenvalue weighted by Crippen LogP contribution is -2.29. The van der Waals surface area contributed by atoms with Crippen LogP contribution < -0.4 is 0 Å². The molecular formula is C26H48O4. The molecule has 0 spiro atoms. The third kappa shape index (κ3) is 9.80. The number of aliphatic hydroxyl groups excluding tert-OH is 2. The summed E-state index contributed by atoms with van der Waals surface area (Å²) in [7, 11) is 0. The molecule has 0 aliphatic carbocycles. The summed E-state index contributed by atoms with van der Waals surface area (Å²) < 4.78 is 12.7. The van der Waals surface area contributed by atoms with Crippen LogP contribution in [0.4, 0.5) is 0 Å². The van der Waals surface area contributed by atoms with Gasteiger partial charge in [-0.15, -0.1) is 0 Å². The summed E-state index contributed by atoms with van der Waals surface area (Å²) in [5.41, 5.74) is 0.0490. The first-order chi connectivity index (χ1) is 14.2. The van der Waals surface area contributed by atoms with Gasteiger partial charge in [0.25, 0.3) is 0 Å². The molecule has 2 saturated heterocycles. The average molecular weight is 425 g/mol. The number of rotatable bonds is 12. The van der Waals surface area contributed by atoms with E-state index in [4.69, 9.17) is 9.47 Å². The molecule has 2 rings (SSSR count). The van der Waals surface area contributed by atoms with Gasteiger partial charge in [-0.25, -0.2) is 0 Å². The van der Waals surface area contributed by atoms with E-state index < -0.39 is 0 Å². The Morgan fingerprint density at radius 2 is 1.10 bits per heavy atom. The first kappa shape index (κ1) is 25.8. The number of ether oxygens (including phenoxy) is 2. The lowest BCUT2D eigenvalue weighted by atomic mass is 9.87. The van der Waals surface area contributed by atoms with Crippen molar-refractivity contribution >= 4 is 0 Å². The standard InChI is InChI=1S/C26H48O4/c1-25(2,19-27)17-7-13-21-9-5-11-23(29-21)15-16-24-12-6-10-22(30-24)14-8-18-26(3,4)20-28/h15-16,21-24,27-28H,5-14,17-20H2,1-4H3. The predicted octanol–water partition coefficient (Wildman–Crippen LogP) is 5.80. The fourth-order valence-corrected chi connectivity index (χ4v) is 4.59. The fraction of sp³-hybridized carbons (Fsp3) is 0.923. The molecule has 0 aromatic heterocycles.